The van der Waals surface area contributed by atoms with Gasteiger partial charge in [-0.25, -0.2) is 9.59 Å². The molecule has 224 valence electrons. The summed E-state index contributed by atoms with van der Waals surface area (Å²) in [7, 11) is 0. The molecule has 1 heterocycles. The second kappa shape index (κ2) is 11.8. The molecule has 1 aliphatic heterocycles. The molecule has 15 nitrogen and oxygen atoms in total. The molecule has 1 saturated heterocycles. The van der Waals surface area contributed by atoms with Crippen LogP contribution in [0.4, 0.5) is 0 Å². The van der Waals surface area contributed by atoms with E-state index in [1.165, 1.54) is 18.2 Å². The van der Waals surface area contributed by atoms with E-state index in [-0.39, 0.29) is 17.1 Å². The van der Waals surface area contributed by atoms with Gasteiger partial charge in [0.1, 0.15) is 30.3 Å². The molecule has 9 N–H and O–H groups in total. The lowest BCUT2D eigenvalue weighted by Crippen LogP contribution is -2.61. The highest BCUT2D eigenvalue weighted by atomic mass is 16.7. The minimum absolute atomic E-state index is 0.0113. The number of benzene rings is 3. The number of ether oxygens (including phenoxy) is 4. The fraction of sp³-hybridized carbons (Fsp3) is 0.259. The summed E-state index contributed by atoms with van der Waals surface area (Å²) in [5.74, 6) is -7.67. The number of esters is 2. The lowest BCUT2D eigenvalue weighted by Gasteiger charge is -2.41. The summed E-state index contributed by atoms with van der Waals surface area (Å²) in [5.41, 5.74) is -0.285. The van der Waals surface area contributed by atoms with E-state index >= 15 is 0 Å². The summed E-state index contributed by atoms with van der Waals surface area (Å²) < 4.78 is 21.6. The number of aryl methyl sites for hydroxylation is 1. The van der Waals surface area contributed by atoms with Crippen LogP contribution in [0.1, 0.15) is 26.3 Å². The van der Waals surface area contributed by atoms with Crippen LogP contribution in [-0.4, -0.2) is 95.2 Å². The quantitative estimate of drug-likeness (QED) is 0.136. The molecule has 1 aliphatic rings. The minimum Gasteiger partial charge on any atom is -0.508 e. The Labute approximate surface area is 236 Å². The van der Waals surface area contributed by atoms with Crippen LogP contribution in [0, 0.1) is 6.92 Å². The van der Waals surface area contributed by atoms with Crippen molar-refractivity contribution >= 4 is 11.9 Å². The second-order valence-electron chi connectivity index (χ2n) is 9.34. The molecule has 3 aromatic carbocycles. The number of rotatable bonds is 7. The van der Waals surface area contributed by atoms with E-state index in [0.29, 0.717) is 5.56 Å². The van der Waals surface area contributed by atoms with Crippen molar-refractivity contribution in [1.29, 1.82) is 0 Å². The lowest BCUT2D eigenvalue weighted by molar-refractivity contribution is -0.276. The van der Waals surface area contributed by atoms with Gasteiger partial charge in [0.25, 0.3) is 0 Å². The summed E-state index contributed by atoms with van der Waals surface area (Å²) in [6, 6.07) is 7.23. The highest BCUT2D eigenvalue weighted by molar-refractivity contribution is 5.91. The van der Waals surface area contributed by atoms with Gasteiger partial charge in [0, 0.05) is 6.07 Å². The number of aromatic hydroxyl groups is 7. The van der Waals surface area contributed by atoms with Gasteiger partial charge < -0.3 is 64.9 Å². The van der Waals surface area contributed by atoms with Crippen LogP contribution < -0.4 is 4.74 Å². The first-order valence-corrected chi connectivity index (χ1v) is 12.1. The molecule has 3 aromatic rings. The van der Waals surface area contributed by atoms with Gasteiger partial charge in [-0.05, 0) is 48.9 Å². The van der Waals surface area contributed by atoms with Crippen molar-refractivity contribution in [1.82, 2.24) is 0 Å². The molecular weight excluding hydrogens is 564 g/mol. The third-order valence-corrected chi connectivity index (χ3v) is 6.16. The molecule has 1 fully saturated rings. The van der Waals surface area contributed by atoms with Crippen LogP contribution in [0.3, 0.4) is 0 Å². The standard InChI is InChI=1S/C27H26O15/c1-10-2-13(28)8-14(3-10)40-27-23(36)24(42-26(38)12-6-17(31)21(34)18(32)7-12)22(35)19(41-27)9-39-25(37)11-4-15(29)20(33)16(30)5-11/h2-8,19,22-24,27-36H,9H2,1H3/t19-,22-,23-,24+,27-/m1/s1. The molecule has 4 rings (SSSR count). The van der Waals surface area contributed by atoms with Gasteiger partial charge in [-0.3, -0.25) is 0 Å². The Balaban J connectivity index is 1.58. The maximum atomic E-state index is 12.8. The van der Waals surface area contributed by atoms with E-state index in [9.17, 15) is 55.5 Å². The summed E-state index contributed by atoms with van der Waals surface area (Å²) in [5, 5.41) is 89.5. The van der Waals surface area contributed by atoms with Gasteiger partial charge in [-0.1, -0.05) is 0 Å². The summed E-state index contributed by atoms with van der Waals surface area (Å²) in [4.78, 5) is 25.3. The molecule has 0 saturated carbocycles. The molecule has 0 amide bonds. The van der Waals surface area contributed by atoms with Crippen LogP contribution in [0.2, 0.25) is 0 Å². The third-order valence-electron chi connectivity index (χ3n) is 6.16. The zero-order chi connectivity index (χ0) is 30.9. The van der Waals surface area contributed by atoms with E-state index in [1.807, 2.05) is 0 Å². The fourth-order valence-corrected chi connectivity index (χ4v) is 4.08. The van der Waals surface area contributed by atoms with Crippen LogP contribution in [0.15, 0.2) is 42.5 Å². The molecule has 0 unspecified atom stereocenters. The summed E-state index contributed by atoms with van der Waals surface area (Å²) >= 11 is 0. The Morgan fingerprint density at radius 3 is 1.79 bits per heavy atom. The van der Waals surface area contributed by atoms with Crippen LogP contribution in [-0.2, 0) is 14.2 Å². The van der Waals surface area contributed by atoms with Crippen molar-refractivity contribution in [2.45, 2.75) is 37.6 Å². The first-order chi connectivity index (χ1) is 19.7. The Hall–Kier alpha value is -5.12. The van der Waals surface area contributed by atoms with Gasteiger partial charge in [-0.2, -0.15) is 0 Å². The molecule has 0 aromatic heterocycles. The molecule has 42 heavy (non-hydrogen) atoms. The number of hydrogen-bond acceptors (Lipinski definition) is 15. The van der Waals surface area contributed by atoms with Crippen molar-refractivity contribution in [3.8, 4) is 46.0 Å². The largest absolute Gasteiger partial charge is 0.508 e. The molecule has 0 aliphatic carbocycles. The number of carbonyl (C=O) groups is 2. The number of aliphatic hydroxyl groups is 2. The van der Waals surface area contributed by atoms with Crippen molar-refractivity contribution in [3.05, 3.63) is 59.2 Å². The molecule has 0 bridgehead atoms. The summed E-state index contributed by atoms with van der Waals surface area (Å²) in [6.07, 6.45) is -8.79. The Morgan fingerprint density at radius 1 is 0.738 bits per heavy atom. The fourth-order valence-electron chi connectivity index (χ4n) is 4.08. The molecule has 0 spiro atoms. The molecular formula is C27H26O15. The van der Waals surface area contributed by atoms with Gasteiger partial charge in [0.2, 0.25) is 6.29 Å². The number of aliphatic hydroxyl groups excluding tert-OH is 2. The van der Waals surface area contributed by atoms with E-state index in [4.69, 9.17) is 18.9 Å². The van der Waals surface area contributed by atoms with Crippen molar-refractivity contribution in [3.63, 3.8) is 0 Å². The van der Waals surface area contributed by atoms with Gasteiger partial charge in [0.15, 0.2) is 46.7 Å². The summed E-state index contributed by atoms with van der Waals surface area (Å²) in [6.45, 7) is 0.894. The number of phenols is 7. The predicted octanol–water partition coefficient (Wildman–Crippen LogP) is 0.842. The van der Waals surface area contributed by atoms with Gasteiger partial charge >= 0.3 is 11.9 Å². The predicted molar refractivity (Wildman–Crippen MR) is 137 cm³/mol. The number of phenolic OH excluding ortho intramolecular Hbond substituents is 7. The monoisotopic (exact) mass is 590 g/mol. The highest BCUT2D eigenvalue weighted by Gasteiger charge is 2.49. The van der Waals surface area contributed by atoms with Gasteiger partial charge in [0.05, 0.1) is 11.1 Å². The SMILES string of the molecule is Cc1cc(O)cc(O[C@@H]2O[C@H](COC(=O)c3cc(O)c(O)c(O)c3)[C@@H](O)[C@H](OC(=O)c3cc(O)c(O)c(O)c3)[C@H]2O)c1. The first-order valence-electron chi connectivity index (χ1n) is 12.1. The highest BCUT2D eigenvalue weighted by Crippen LogP contribution is 2.37. The molecule has 15 heteroatoms. The molecule has 5 atom stereocenters. The van der Waals surface area contributed by atoms with E-state index in [2.05, 4.69) is 0 Å². The van der Waals surface area contributed by atoms with Crippen LogP contribution >= 0.6 is 0 Å². The van der Waals surface area contributed by atoms with E-state index < -0.39 is 89.3 Å². The van der Waals surface area contributed by atoms with Crippen molar-refractivity contribution in [2.75, 3.05) is 6.61 Å². The average molecular weight is 590 g/mol. The maximum absolute atomic E-state index is 12.8. The topological polar surface area (TPSA) is 253 Å². The Kier molecular flexibility index (Phi) is 8.37. The van der Waals surface area contributed by atoms with Crippen LogP contribution in [0.25, 0.3) is 0 Å². The third kappa shape index (κ3) is 6.27. The van der Waals surface area contributed by atoms with Crippen molar-refractivity contribution < 1.29 is 74.5 Å². The second-order valence-corrected chi connectivity index (χ2v) is 9.34. The molecule has 0 radical (unpaired) electrons. The number of carbonyl (C=O) groups excluding carboxylic acids is 2. The number of hydrogen-bond donors (Lipinski definition) is 9. The van der Waals surface area contributed by atoms with E-state index in [1.54, 1.807) is 6.92 Å². The van der Waals surface area contributed by atoms with E-state index in [0.717, 1.165) is 24.3 Å². The zero-order valence-corrected chi connectivity index (χ0v) is 21.6. The Morgan fingerprint density at radius 2 is 1.26 bits per heavy atom. The normalized spacial score (nSPS) is 21.8. The zero-order valence-electron chi connectivity index (χ0n) is 21.6. The maximum Gasteiger partial charge on any atom is 0.338 e. The average Bonchev–Trinajstić information content (AvgIpc) is 2.92. The minimum atomic E-state index is -1.89. The smallest absolute Gasteiger partial charge is 0.338 e. The van der Waals surface area contributed by atoms with Crippen LogP contribution in [0.5, 0.6) is 46.0 Å². The van der Waals surface area contributed by atoms with Gasteiger partial charge in [-0.15, -0.1) is 0 Å². The Bertz CT molecular complexity index is 1440. The first kappa shape index (κ1) is 29.9. The lowest BCUT2D eigenvalue weighted by atomic mass is 9.98. The van der Waals surface area contributed by atoms with Crippen molar-refractivity contribution in [2.24, 2.45) is 0 Å².